The monoisotopic (exact) mass is 172 g/mol. The zero-order chi connectivity index (χ0) is 8.43. The Morgan fingerprint density at radius 3 is 2.18 bits per heavy atom. The van der Waals surface area contributed by atoms with Gasteiger partial charge in [-0.1, -0.05) is 12.6 Å². The van der Waals surface area contributed by atoms with Crippen LogP contribution >= 0.6 is 12.6 Å². The number of aromatic carboxylic acids is 1. The molecule has 0 aliphatic carbocycles. The lowest BCUT2D eigenvalue weighted by Gasteiger charge is -1.84. The van der Waals surface area contributed by atoms with E-state index in [1.54, 1.807) is 0 Å². The number of carbonyl (C=O) groups is 2. The number of carboxylic acid groups (broad SMARTS) is 1. The summed E-state index contributed by atoms with van der Waals surface area (Å²) in [6.45, 7) is 0. The van der Waals surface area contributed by atoms with Crippen LogP contribution in [0.5, 0.6) is 0 Å². The average molecular weight is 172 g/mol. The van der Waals surface area contributed by atoms with E-state index < -0.39 is 11.1 Å². The molecule has 1 aromatic heterocycles. The Hall–Kier alpha value is -1.23. The average Bonchev–Trinajstić information content (AvgIpc) is 2.33. The van der Waals surface area contributed by atoms with Crippen LogP contribution in [0.2, 0.25) is 0 Å². The minimum atomic E-state index is -1.20. The van der Waals surface area contributed by atoms with Crippen molar-refractivity contribution in [2.24, 2.45) is 0 Å². The summed E-state index contributed by atoms with van der Waals surface area (Å²) in [5, 5.41) is 7.76. The minimum Gasteiger partial charge on any atom is -0.475 e. The number of furan rings is 1. The quantitative estimate of drug-likeness (QED) is 0.654. The molecular formula is C6H4O4S. The molecule has 0 atom stereocenters. The molecule has 5 heteroatoms. The second-order valence-electron chi connectivity index (χ2n) is 1.77. The molecule has 0 bridgehead atoms. The van der Waals surface area contributed by atoms with Gasteiger partial charge in [0.05, 0.1) is 0 Å². The van der Waals surface area contributed by atoms with E-state index in [1.165, 1.54) is 12.1 Å². The lowest BCUT2D eigenvalue weighted by Crippen LogP contribution is -1.92. The second kappa shape index (κ2) is 2.79. The van der Waals surface area contributed by atoms with Gasteiger partial charge in [0.25, 0.3) is 5.12 Å². The van der Waals surface area contributed by atoms with Crippen molar-refractivity contribution in [2.75, 3.05) is 0 Å². The van der Waals surface area contributed by atoms with Crippen LogP contribution in [-0.4, -0.2) is 16.2 Å². The van der Waals surface area contributed by atoms with Crippen molar-refractivity contribution in [1.29, 1.82) is 0 Å². The first kappa shape index (κ1) is 7.87. The molecule has 0 aliphatic rings. The van der Waals surface area contributed by atoms with Gasteiger partial charge in [0.2, 0.25) is 5.76 Å². The van der Waals surface area contributed by atoms with Gasteiger partial charge in [-0.25, -0.2) is 4.79 Å². The maximum absolute atomic E-state index is 10.5. The van der Waals surface area contributed by atoms with Crippen LogP contribution in [-0.2, 0) is 0 Å². The third-order valence-corrected chi connectivity index (χ3v) is 1.25. The van der Waals surface area contributed by atoms with Gasteiger partial charge in [0, 0.05) is 0 Å². The van der Waals surface area contributed by atoms with E-state index in [0.717, 1.165) is 0 Å². The third-order valence-electron chi connectivity index (χ3n) is 1.03. The molecule has 1 aromatic rings. The van der Waals surface area contributed by atoms with E-state index in [2.05, 4.69) is 17.0 Å². The van der Waals surface area contributed by atoms with E-state index in [0.29, 0.717) is 0 Å². The molecule has 0 unspecified atom stereocenters. The molecule has 0 spiro atoms. The minimum absolute atomic E-state index is 0.0641. The normalized spacial score (nSPS) is 9.55. The van der Waals surface area contributed by atoms with Crippen LogP contribution in [0.25, 0.3) is 0 Å². The first-order chi connectivity index (χ1) is 5.11. The lowest BCUT2D eigenvalue weighted by molar-refractivity contribution is 0.0661. The maximum atomic E-state index is 10.5. The van der Waals surface area contributed by atoms with Gasteiger partial charge >= 0.3 is 5.97 Å². The molecule has 0 aromatic carbocycles. The van der Waals surface area contributed by atoms with Crippen molar-refractivity contribution in [3.63, 3.8) is 0 Å². The molecule has 0 aliphatic heterocycles. The van der Waals surface area contributed by atoms with Gasteiger partial charge in [-0.2, -0.15) is 0 Å². The van der Waals surface area contributed by atoms with Crippen molar-refractivity contribution in [2.45, 2.75) is 0 Å². The van der Waals surface area contributed by atoms with Gasteiger partial charge in [-0.3, -0.25) is 4.79 Å². The molecule has 1 rings (SSSR count). The highest BCUT2D eigenvalue weighted by molar-refractivity contribution is 7.97. The largest absolute Gasteiger partial charge is 0.475 e. The van der Waals surface area contributed by atoms with E-state index >= 15 is 0 Å². The van der Waals surface area contributed by atoms with Gasteiger partial charge in [0.1, 0.15) is 0 Å². The summed E-state index contributed by atoms with van der Waals surface area (Å²) in [5.74, 6) is -1.53. The summed E-state index contributed by atoms with van der Waals surface area (Å²) >= 11 is 3.44. The van der Waals surface area contributed by atoms with Crippen LogP contribution in [0.3, 0.4) is 0 Å². The molecular weight excluding hydrogens is 168 g/mol. The summed E-state index contributed by atoms with van der Waals surface area (Å²) in [5.41, 5.74) is 0. The molecule has 1 N–H and O–H groups in total. The van der Waals surface area contributed by atoms with Crippen LogP contribution in [0.4, 0.5) is 0 Å². The Morgan fingerprint density at radius 1 is 1.36 bits per heavy atom. The Balaban J connectivity index is 2.99. The number of hydrogen-bond acceptors (Lipinski definition) is 3. The number of thiol groups is 1. The number of rotatable bonds is 2. The van der Waals surface area contributed by atoms with Gasteiger partial charge in [0.15, 0.2) is 5.76 Å². The molecule has 0 radical (unpaired) electrons. The zero-order valence-corrected chi connectivity index (χ0v) is 6.17. The molecule has 58 valence electrons. The van der Waals surface area contributed by atoms with Crippen molar-refractivity contribution in [3.05, 3.63) is 23.7 Å². The van der Waals surface area contributed by atoms with E-state index in [4.69, 9.17) is 5.11 Å². The van der Waals surface area contributed by atoms with E-state index in [-0.39, 0.29) is 11.5 Å². The second-order valence-corrected chi connectivity index (χ2v) is 2.18. The molecule has 11 heavy (non-hydrogen) atoms. The van der Waals surface area contributed by atoms with Crippen LogP contribution < -0.4 is 0 Å². The fourth-order valence-corrected chi connectivity index (χ4v) is 0.688. The highest BCUT2D eigenvalue weighted by atomic mass is 32.1. The van der Waals surface area contributed by atoms with Crippen molar-refractivity contribution in [3.8, 4) is 0 Å². The predicted molar refractivity (Wildman–Crippen MR) is 39.0 cm³/mol. The maximum Gasteiger partial charge on any atom is 0.371 e. The Labute approximate surface area is 67.2 Å². The van der Waals surface area contributed by atoms with E-state index in [1.807, 2.05) is 0 Å². The number of carbonyl (C=O) groups excluding carboxylic acids is 1. The smallest absolute Gasteiger partial charge is 0.371 e. The SMILES string of the molecule is O=C(O)c1ccc(C(=O)S)o1. The van der Waals surface area contributed by atoms with Crippen molar-refractivity contribution < 1.29 is 19.1 Å². The molecule has 4 nitrogen and oxygen atoms in total. The Kier molecular flexibility index (Phi) is 2.00. The highest BCUT2D eigenvalue weighted by Gasteiger charge is 2.11. The van der Waals surface area contributed by atoms with Crippen molar-refractivity contribution >= 4 is 23.7 Å². The van der Waals surface area contributed by atoms with Gasteiger partial charge < -0.3 is 9.52 Å². The standard InChI is InChI=1S/C6H4O4S/c7-5(8)3-1-2-4(10-3)6(9)11/h1-2H,(H,7,8)(H,9,11). The fourth-order valence-electron chi connectivity index (χ4n) is 0.568. The molecule has 1 heterocycles. The molecule has 0 saturated carbocycles. The van der Waals surface area contributed by atoms with Crippen LogP contribution in [0.1, 0.15) is 21.1 Å². The van der Waals surface area contributed by atoms with Crippen molar-refractivity contribution in [1.82, 2.24) is 0 Å². The Morgan fingerprint density at radius 2 is 1.91 bits per heavy atom. The summed E-state index contributed by atoms with van der Waals surface area (Å²) in [4.78, 5) is 20.7. The number of carboxylic acids is 1. The lowest BCUT2D eigenvalue weighted by atomic mass is 10.4. The summed E-state index contributed by atoms with van der Waals surface area (Å²) in [7, 11) is 0. The first-order valence-electron chi connectivity index (χ1n) is 2.67. The fraction of sp³-hybridized carbons (Fsp3) is 0. The summed E-state index contributed by atoms with van der Waals surface area (Å²) in [6, 6.07) is 2.46. The number of hydrogen-bond donors (Lipinski definition) is 2. The zero-order valence-electron chi connectivity index (χ0n) is 5.27. The molecule has 0 amide bonds. The molecule has 0 fully saturated rings. The van der Waals surface area contributed by atoms with Gasteiger partial charge in [-0.15, -0.1) is 0 Å². The summed E-state index contributed by atoms with van der Waals surface area (Å²) in [6.07, 6.45) is 0. The predicted octanol–water partition coefficient (Wildman–Crippen LogP) is 1.05. The van der Waals surface area contributed by atoms with Crippen LogP contribution in [0.15, 0.2) is 16.5 Å². The highest BCUT2D eigenvalue weighted by Crippen LogP contribution is 2.09. The van der Waals surface area contributed by atoms with Gasteiger partial charge in [-0.05, 0) is 12.1 Å². The van der Waals surface area contributed by atoms with E-state index in [9.17, 15) is 9.59 Å². The Bertz CT molecular complexity index is 273. The summed E-state index contributed by atoms with van der Waals surface area (Å²) < 4.78 is 4.58. The third kappa shape index (κ3) is 1.62. The topological polar surface area (TPSA) is 67.5 Å². The van der Waals surface area contributed by atoms with Crippen LogP contribution in [0, 0.1) is 0 Å². The molecule has 0 saturated heterocycles. The first-order valence-corrected chi connectivity index (χ1v) is 3.12.